The van der Waals surface area contributed by atoms with Gasteiger partial charge in [-0.1, -0.05) is 6.07 Å². The van der Waals surface area contributed by atoms with Gasteiger partial charge in [0, 0.05) is 48.1 Å². The first-order chi connectivity index (χ1) is 22.2. The Morgan fingerprint density at radius 1 is 1.26 bits per heavy atom. The minimum atomic E-state index is -0.888. The third-order valence-corrected chi connectivity index (χ3v) is 11.8. The molecule has 12 nitrogen and oxygen atoms in total. The number of pyridine rings is 1. The Bertz CT molecular complexity index is 1770. The van der Waals surface area contributed by atoms with E-state index in [1.165, 1.54) is 11.3 Å². The second-order valence-corrected chi connectivity index (χ2v) is 14.4. The highest BCUT2D eigenvalue weighted by Crippen LogP contribution is 2.53. The maximum Gasteiger partial charge on any atom is 0.345 e. The Kier molecular flexibility index (Phi) is 6.77. The van der Waals surface area contributed by atoms with Crippen molar-refractivity contribution in [1.29, 1.82) is 5.26 Å². The quantitative estimate of drug-likeness (QED) is 0.377. The molecule has 4 aliphatic heterocycles. The number of carbonyl (C=O) groups is 1. The summed E-state index contributed by atoms with van der Waals surface area (Å²) < 4.78 is 26.7. The fraction of sp³-hybridized carbons (Fsp3) is 0.531. The average Bonchev–Trinajstić information content (AvgIpc) is 3.72. The maximum atomic E-state index is 14.6. The highest BCUT2D eigenvalue weighted by molar-refractivity contribution is 7.16. The van der Waals surface area contributed by atoms with Crippen molar-refractivity contribution >= 4 is 39.8 Å². The molecule has 7 heterocycles. The van der Waals surface area contributed by atoms with E-state index in [-0.39, 0.29) is 41.8 Å². The van der Waals surface area contributed by atoms with E-state index in [0.29, 0.717) is 60.6 Å². The van der Waals surface area contributed by atoms with Crippen LogP contribution >= 0.6 is 11.3 Å². The van der Waals surface area contributed by atoms with Crippen molar-refractivity contribution in [2.45, 2.75) is 62.2 Å². The smallest absolute Gasteiger partial charge is 0.345 e. The molecule has 8 rings (SSSR count). The fourth-order valence-corrected chi connectivity index (χ4v) is 9.61. The Morgan fingerprint density at radius 3 is 2.89 bits per heavy atom. The number of thiophene rings is 1. The molecular weight excluding hydrogens is 609 g/mol. The van der Waals surface area contributed by atoms with Gasteiger partial charge in [0.15, 0.2) is 11.6 Å². The van der Waals surface area contributed by atoms with Gasteiger partial charge in [0.2, 0.25) is 0 Å². The number of cyclic esters (lactones) is 1. The molecule has 1 aliphatic carbocycles. The van der Waals surface area contributed by atoms with Crippen molar-refractivity contribution in [1.82, 2.24) is 19.9 Å². The molecule has 0 bridgehead atoms. The van der Waals surface area contributed by atoms with Crippen LogP contribution < -0.4 is 26.0 Å². The summed E-state index contributed by atoms with van der Waals surface area (Å²) in [4.78, 5) is 35.1. The summed E-state index contributed by atoms with van der Waals surface area (Å²) in [7, 11) is 0. The number of aryl methyl sites for hydroxylation is 1. The van der Waals surface area contributed by atoms with Crippen LogP contribution in [-0.2, 0) is 16.6 Å². The number of nitrogens with zero attached hydrogens (tertiary/aromatic N) is 7. The van der Waals surface area contributed by atoms with E-state index in [9.17, 15) is 14.4 Å². The molecule has 0 radical (unpaired) electrons. The average molecular weight is 646 g/mol. The van der Waals surface area contributed by atoms with Crippen LogP contribution in [0.4, 0.5) is 26.8 Å². The Morgan fingerprint density at radius 2 is 2.09 bits per heavy atom. The molecule has 5 aliphatic rings. The summed E-state index contributed by atoms with van der Waals surface area (Å²) in [6.45, 7) is 5.16. The van der Waals surface area contributed by atoms with Gasteiger partial charge in [-0.05, 0) is 50.8 Å². The van der Waals surface area contributed by atoms with Gasteiger partial charge in [-0.2, -0.15) is 15.2 Å². The van der Waals surface area contributed by atoms with Crippen LogP contribution in [0, 0.1) is 11.3 Å². The summed E-state index contributed by atoms with van der Waals surface area (Å²) >= 11 is 1.50. The number of anilines is 4. The summed E-state index contributed by atoms with van der Waals surface area (Å²) in [6.07, 6.45) is 4.78. The number of fused-ring (bicyclic) bond motifs is 4. The molecule has 3 fully saturated rings. The van der Waals surface area contributed by atoms with E-state index >= 15 is 0 Å². The molecule has 0 saturated carbocycles. The molecule has 1 spiro atoms. The second-order valence-electron chi connectivity index (χ2n) is 13.3. The van der Waals surface area contributed by atoms with Crippen molar-refractivity contribution in [2.75, 3.05) is 67.2 Å². The summed E-state index contributed by atoms with van der Waals surface area (Å²) in [5, 5.41) is 10.5. The zero-order valence-corrected chi connectivity index (χ0v) is 26.5. The lowest BCUT2D eigenvalue weighted by atomic mass is 9.74. The summed E-state index contributed by atoms with van der Waals surface area (Å²) in [6, 6.07) is 5.91. The molecule has 0 amide bonds. The van der Waals surface area contributed by atoms with Crippen molar-refractivity contribution in [3.8, 4) is 12.1 Å². The Hall–Kier alpha value is -4.22. The number of hydrogen-bond acceptors (Lipinski definition) is 13. The summed E-state index contributed by atoms with van der Waals surface area (Å²) in [5.74, 6) is 0.720. The van der Waals surface area contributed by atoms with Crippen molar-refractivity contribution in [3.63, 3.8) is 0 Å². The number of aromatic nitrogens is 3. The minimum absolute atomic E-state index is 0.133. The SMILES string of the molecule is CC(c1cccnc1N)N1CCOC(=O)c2c(N3CC4(CCc5sc(N)c(C#N)c54)C3)nc(OC[C@@]34CCCN3C[C@H](F)C4)nc21. The number of halogens is 1. The molecule has 4 N–H and O–H groups in total. The zero-order valence-electron chi connectivity index (χ0n) is 25.7. The number of nitriles is 1. The molecular formula is C32H36FN9O3S. The first-order valence-electron chi connectivity index (χ1n) is 15.9. The number of nitrogens with two attached hydrogens (primary N) is 2. The molecule has 3 aromatic heterocycles. The number of rotatable bonds is 6. The normalized spacial score (nSPS) is 25.3. The fourth-order valence-electron chi connectivity index (χ4n) is 8.47. The van der Waals surface area contributed by atoms with Gasteiger partial charge in [0.05, 0.1) is 23.7 Å². The maximum absolute atomic E-state index is 14.6. The molecule has 0 aromatic carbocycles. The lowest BCUT2D eigenvalue weighted by molar-refractivity contribution is 0.0525. The number of ether oxygens (including phenoxy) is 2. The van der Waals surface area contributed by atoms with Crippen molar-refractivity contribution in [2.24, 2.45) is 0 Å². The highest BCUT2D eigenvalue weighted by Gasteiger charge is 2.53. The van der Waals surface area contributed by atoms with Crippen LogP contribution in [0.2, 0.25) is 0 Å². The van der Waals surface area contributed by atoms with E-state index in [1.54, 1.807) is 6.20 Å². The van der Waals surface area contributed by atoms with Gasteiger partial charge in [0.25, 0.3) is 0 Å². The predicted molar refractivity (Wildman–Crippen MR) is 171 cm³/mol. The first kappa shape index (κ1) is 29.2. The molecule has 3 aromatic rings. The third kappa shape index (κ3) is 4.39. The summed E-state index contributed by atoms with van der Waals surface area (Å²) in [5.41, 5.74) is 14.6. The van der Waals surface area contributed by atoms with E-state index in [0.717, 1.165) is 48.2 Å². The monoisotopic (exact) mass is 645 g/mol. The standard InChI is InChI=1S/C32H36FN9O3S/c1-18(20-4-2-8-37-25(20)35)42-10-11-44-29(43)23-27(40-15-31(16-40)7-5-22-24(31)21(13-34)26(36)46-22)38-30(39-28(23)42)45-17-32-6-3-9-41(32)14-19(33)12-32/h2,4,8,18-19H,3,5-7,9-12,14-17,36H2,1H3,(H2,35,37)/t18?,19-,32+/m1/s1. The van der Waals surface area contributed by atoms with Gasteiger partial charge < -0.3 is 30.7 Å². The van der Waals surface area contributed by atoms with Crippen LogP contribution in [0.1, 0.15) is 70.6 Å². The van der Waals surface area contributed by atoms with E-state index in [1.807, 2.05) is 24.0 Å². The number of nitrogen functional groups attached to an aromatic ring is 2. The molecule has 3 saturated heterocycles. The van der Waals surface area contributed by atoms with Gasteiger partial charge in [-0.3, -0.25) is 4.90 Å². The number of alkyl halides is 1. The lowest BCUT2D eigenvalue weighted by Gasteiger charge is -2.49. The largest absolute Gasteiger partial charge is 0.461 e. The van der Waals surface area contributed by atoms with E-state index in [2.05, 4.69) is 20.9 Å². The van der Waals surface area contributed by atoms with Crippen LogP contribution in [0.25, 0.3) is 0 Å². The molecule has 1 unspecified atom stereocenters. The number of hydrogen-bond donors (Lipinski definition) is 2. The minimum Gasteiger partial charge on any atom is -0.461 e. The van der Waals surface area contributed by atoms with Crippen LogP contribution in [0.5, 0.6) is 6.01 Å². The van der Waals surface area contributed by atoms with Crippen LogP contribution in [0.3, 0.4) is 0 Å². The van der Waals surface area contributed by atoms with Crippen LogP contribution in [-0.4, -0.2) is 83.5 Å². The van der Waals surface area contributed by atoms with E-state index in [4.69, 9.17) is 30.9 Å². The van der Waals surface area contributed by atoms with Gasteiger partial charge in [0.1, 0.15) is 41.8 Å². The highest BCUT2D eigenvalue weighted by atomic mass is 32.1. The van der Waals surface area contributed by atoms with E-state index < -0.39 is 12.1 Å². The predicted octanol–water partition coefficient (Wildman–Crippen LogP) is 3.37. The second kappa shape index (κ2) is 10.7. The number of esters is 1. The molecule has 240 valence electrons. The van der Waals surface area contributed by atoms with Gasteiger partial charge >= 0.3 is 12.0 Å². The number of carbonyl (C=O) groups excluding carboxylic acids is 1. The van der Waals surface area contributed by atoms with Crippen LogP contribution in [0.15, 0.2) is 18.3 Å². The van der Waals surface area contributed by atoms with Gasteiger partial charge in [-0.25, -0.2) is 14.2 Å². The Balaban J connectivity index is 1.19. The molecule has 14 heteroatoms. The Labute approximate surface area is 270 Å². The lowest BCUT2D eigenvalue weighted by Crippen LogP contribution is -2.59. The van der Waals surface area contributed by atoms with Crippen molar-refractivity contribution < 1.29 is 18.7 Å². The third-order valence-electron chi connectivity index (χ3n) is 10.7. The molecule has 46 heavy (non-hydrogen) atoms. The van der Waals surface area contributed by atoms with Crippen molar-refractivity contribution in [3.05, 3.63) is 45.5 Å². The van der Waals surface area contributed by atoms with Gasteiger partial charge in [-0.15, -0.1) is 11.3 Å². The first-order valence-corrected chi connectivity index (χ1v) is 16.7. The molecule has 3 atom stereocenters. The topological polar surface area (TPSA) is 160 Å². The zero-order chi connectivity index (χ0) is 31.8.